The van der Waals surface area contributed by atoms with E-state index in [1.165, 1.54) is 11.9 Å². The highest BCUT2D eigenvalue weighted by Gasteiger charge is 2.27. The number of hydrogen-bond acceptors (Lipinski definition) is 8. The third kappa shape index (κ3) is 9.15. The highest BCUT2D eigenvalue weighted by molar-refractivity contribution is 7.80. The molecule has 8 N–H and O–H groups in total. The van der Waals surface area contributed by atoms with Gasteiger partial charge in [0, 0.05) is 32.9 Å². The molecule has 0 saturated heterocycles. The number of nitrogens with one attached hydrogen (secondary N) is 1. The van der Waals surface area contributed by atoms with Crippen LogP contribution in [-0.2, 0) is 14.4 Å². The van der Waals surface area contributed by atoms with Crippen molar-refractivity contribution in [1.29, 1.82) is 0 Å². The smallest absolute Gasteiger partial charge is 0.309 e. The molecule has 4 atom stereocenters. The molecule has 0 rings (SSSR count). The molecule has 0 bridgehead atoms. The number of carbonyl (C=O) groups excluding carboxylic acids is 2. The summed E-state index contributed by atoms with van der Waals surface area (Å²) >= 11 is 5.07. The van der Waals surface area contributed by atoms with Crippen molar-refractivity contribution in [2.75, 3.05) is 20.2 Å². The number of aliphatic hydroxyl groups is 2. The molecule has 26 heavy (non-hydrogen) atoms. The average Bonchev–Trinajstić information content (AvgIpc) is 2.54. The van der Waals surface area contributed by atoms with E-state index in [4.69, 9.17) is 33.9 Å². The summed E-state index contributed by atoms with van der Waals surface area (Å²) in [6, 6.07) is -0.735. The number of ketones is 1. The number of hydrazine groups is 1. The van der Waals surface area contributed by atoms with E-state index in [0.717, 1.165) is 0 Å². The van der Waals surface area contributed by atoms with Crippen LogP contribution in [0.3, 0.4) is 0 Å². The number of Topliss-reactive ketones (excluding diaryl/α,β-unsaturated/α-hetero) is 1. The Hall–Kier alpha value is -1.66. The van der Waals surface area contributed by atoms with Crippen LogP contribution in [0.25, 0.3) is 0 Å². The van der Waals surface area contributed by atoms with Crippen molar-refractivity contribution in [1.82, 2.24) is 10.4 Å². The van der Waals surface area contributed by atoms with Crippen LogP contribution in [0, 0.1) is 11.8 Å². The highest BCUT2D eigenvalue weighted by atomic mass is 32.1. The molecule has 0 aliphatic carbocycles. The van der Waals surface area contributed by atoms with E-state index in [2.05, 4.69) is 5.43 Å². The van der Waals surface area contributed by atoms with Crippen LogP contribution < -0.4 is 16.9 Å². The maximum Gasteiger partial charge on any atom is 0.309 e. The first kappa shape index (κ1) is 24.3. The summed E-state index contributed by atoms with van der Waals surface area (Å²) in [6.07, 6.45) is -1.68. The Morgan fingerprint density at radius 1 is 1.23 bits per heavy atom. The highest BCUT2D eigenvalue weighted by Crippen LogP contribution is 2.16. The fraction of sp³-hybridized carbons (Fsp3) is 0.733. The maximum absolute atomic E-state index is 12.1. The molecule has 10 nitrogen and oxygen atoms in total. The van der Waals surface area contributed by atoms with Crippen molar-refractivity contribution in [3.05, 3.63) is 0 Å². The number of thiocarbonyl (C=S) groups is 1. The summed E-state index contributed by atoms with van der Waals surface area (Å²) < 4.78 is 0. The Labute approximate surface area is 157 Å². The van der Waals surface area contributed by atoms with Crippen molar-refractivity contribution in [3.63, 3.8) is 0 Å². The van der Waals surface area contributed by atoms with E-state index in [-0.39, 0.29) is 37.4 Å². The number of hydrogen-bond donors (Lipinski definition) is 6. The summed E-state index contributed by atoms with van der Waals surface area (Å²) in [5, 5.41) is 28.9. The first-order valence-corrected chi connectivity index (χ1v) is 8.48. The van der Waals surface area contributed by atoms with Gasteiger partial charge in [0.1, 0.15) is 10.8 Å². The van der Waals surface area contributed by atoms with E-state index < -0.39 is 41.6 Å². The molecule has 0 spiro atoms. The first-order valence-electron chi connectivity index (χ1n) is 8.07. The minimum absolute atomic E-state index is 0.0842. The Bertz CT molecular complexity index is 516. The number of primary amides is 1. The van der Waals surface area contributed by atoms with Gasteiger partial charge < -0.3 is 31.8 Å². The molecule has 0 fully saturated rings. The van der Waals surface area contributed by atoms with Crippen LogP contribution >= 0.6 is 12.2 Å². The molecule has 0 aromatic rings. The minimum atomic E-state index is -1.26. The normalized spacial score (nSPS) is 15.6. The second-order valence-electron chi connectivity index (χ2n) is 6.22. The number of aliphatic carboxylic acids is 1. The SMILES string of the molecule is CC(O)[C@H](CC(=O)C[C@H](CNN(C)C(=S)[C@@H](N)CO)CC(N)=O)C(=O)O. The van der Waals surface area contributed by atoms with Crippen molar-refractivity contribution in [3.8, 4) is 0 Å². The van der Waals surface area contributed by atoms with Crippen molar-refractivity contribution in [2.45, 2.75) is 38.3 Å². The van der Waals surface area contributed by atoms with Crippen LogP contribution in [0.1, 0.15) is 26.2 Å². The minimum Gasteiger partial charge on any atom is -0.481 e. The average molecular weight is 392 g/mol. The van der Waals surface area contributed by atoms with E-state index in [0.29, 0.717) is 0 Å². The van der Waals surface area contributed by atoms with Gasteiger partial charge in [-0.05, 0) is 12.8 Å². The van der Waals surface area contributed by atoms with Gasteiger partial charge in [-0.1, -0.05) is 12.2 Å². The number of rotatable bonds is 13. The molecule has 0 aliphatic heterocycles. The summed E-state index contributed by atoms with van der Waals surface area (Å²) in [7, 11) is 1.58. The third-order valence-corrected chi connectivity index (χ3v) is 4.39. The van der Waals surface area contributed by atoms with Gasteiger partial charge in [-0.3, -0.25) is 14.4 Å². The van der Waals surface area contributed by atoms with Crippen LogP contribution in [0.4, 0.5) is 0 Å². The van der Waals surface area contributed by atoms with Crippen LogP contribution in [0.15, 0.2) is 0 Å². The lowest BCUT2D eigenvalue weighted by Crippen LogP contribution is -2.50. The van der Waals surface area contributed by atoms with Gasteiger partial charge in [-0.15, -0.1) is 0 Å². The molecular weight excluding hydrogens is 364 g/mol. The quantitative estimate of drug-likeness (QED) is 0.151. The number of carbonyl (C=O) groups is 3. The zero-order valence-corrected chi connectivity index (χ0v) is 15.7. The molecule has 1 unspecified atom stereocenters. The molecule has 0 aliphatic rings. The predicted octanol–water partition coefficient (Wildman–Crippen LogP) is -2.01. The molecule has 0 aromatic carbocycles. The van der Waals surface area contributed by atoms with Gasteiger partial charge in [0.05, 0.1) is 24.7 Å². The lowest BCUT2D eigenvalue weighted by Gasteiger charge is -2.26. The lowest BCUT2D eigenvalue weighted by molar-refractivity contribution is -0.147. The van der Waals surface area contributed by atoms with Gasteiger partial charge >= 0.3 is 5.97 Å². The number of aliphatic hydroxyl groups excluding tert-OH is 2. The topological polar surface area (TPSA) is 179 Å². The zero-order chi connectivity index (χ0) is 20.4. The van der Waals surface area contributed by atoms with Crippen LogP contribution in [-0.4, -0.2) is 75.3 Å². The standard InChI is InChI=1S/C15H28N4O6S/c1-8(21)11(15(24)25)5-10(22)3-9(4-13(17)23)6-18-19(2)14(26)12(16)7-20/h8-9,11-12,18,20-21H,3-7,16H2,1-2H3,(H2,17,23)(H,24,25)/t8?,9-,11-,12-/m0/s1. The summed E-state index contributed by atoms with van der Waals surface area (Å²) in [5.41, 5.74) is 13.7. The largest absolute Gasteiger partial charge is 0.481 e. The predicted molar refractivity (Wildman–Crippen MR) is 97.8 cm³/mol. The van der Waals surface area contributed by atoms with Gasteiger partial charge in [0.2, 0.25) is 5.91 Å². The van der Waals surface area contributed by atoms with Gasteiger partial charge in [-0.2, -0.15) is 0 Å². The van der Waals surface area contributed by atoms with Crippen LogP contribution in [0.5, 0.6) is 0 Å². The van der Waals surface area contributed by atoms with Crippen molar-refractivity contribution >= 4 is 34.9 Å². The number of carboxylic acids is 1. The number of likely N-dealkylation sites (N-methyl/N-ethyl adjacent to an activating group) is 1. The van der Waals surface area contributed by atoms with Gasteiger partial charge in [0.25, 0.3) is 0 Å². The Morgan fingerprint density at radius 3 is 2.23 bits per heavy atom. The second-order valence-corrected chi connectivity index (χ2v) is 6.64. The molecule has 0 radical (unpaired) electrons. The Morgan fingerprint density at radius 2 is 1.81 bits per heavy atom. The van der Waals surface area contributed by atoms with Gasteiger partial charge in [0.15, 0.2) is 0 Å². The molecule has 0 heterocycles. The van der Waals surface area contributed by atoms with E-state index in [9.17, 15) is 19.5 Å². The number of carboxylic acid groups (broad SMARTS) is 1. The fourth-order valence-corrected chi connectivity index (χ4v) is 2.43. The summed E-state index contributed by atoms with van der Waals surface area (Å²) in [5.74, 6) is -3.96. The Balaban J connectivity index is 4.79. The second kappa shape index (κ2) is 11.9. The van der Waals surface area contributed by atoms with E-state index in [1.807, 2.05) is 0 Å². The van der Waals surface area contributed by atoms with Crippen molar-refractivity contribution in [2.24, 2.45) is 23.3 Å². The summed E-state index contributed by atoms with van der Waals surface area (Å²) in [4.78, 5) is 34.7. The maximum atomic E-state index is 12.1. The van der Waals surface area contributed by atoms with E-state index in [1.54, 1.807) is 7.05 Å². The zero-order valence-electron chi connectivity index (χ0n) is 14.9. The number of nitrogens with zero attached hydrogens (tertiary/aromatic N) is 1. The third-order valence-electron chi connectivity index (χ3n) is 3.81. The molecular formula is C15H28N4O6S. The monoisotopic (exact) mass is 392 g/mol. The molecule has 0 saturated carbocycles. The number of amides is 1. The summed E-state index contributed by atoms with van der Waals surface area (Å²) in [6.45, 7) is 1.13. The molecule has 1 amide bonds. The molecule has 150 valence electrons. The number of nitrogens with two attached hydrogens (primary N) is 2. The van der Waals surface area contributed by atoms with Crippen molar-refractivity contribution < 1.29 is 29.7 Å². The lowest BCUT2D eigenvalue weighted by atomic mass is 9.91. The molecule has 0 aromatic heterocycles. The fourth-order valence-electron chi connectivity index (χ4n) is 2.29. The van der Waals surface area contributed by atoms with Gasteiger partial charge in [-0.25, -0.2) is 5.43 Å². The molecule has 11 heteroatoms. The van der Waals surface area contributed by atoms with Crippen LogP contribution in [0.2, 0.25) is 0 Å². The van der Waals surface area contributed by atoms with E-state index >= 15 is 0 Å². The Kier molecular flexibility index (Phi) is 11.1. The first-order chi connectivity index (χ1) is 12.0.